The molecule has 2 aromatic rings. The van der Waals surface area contributed by atoms with Gasteiger partial charge in [-0.05, 0) is 58.8 Å². The summed E-state index contributed by atoms with van der Waals surface area (Å²) in [7, 11) is 0. The van der Waals surface area contributed by atoms with Gasteiger partial charge in [-0.1, -0.05) is 6.92 Å². The van der Waals surface area contributed by atoms with E-state index in [2.05, 4.69) is 45.0 Å². The lowest BCUT2D eigenvalue weighted by molar-refractivity contribution is 0.495. The number of halogens is 1. The van der Waals surface area contributed by atoms with Gasteiger partial charge in [0, 0.05) is 21.7 Å². The summed E-state index contributed by atoms with van der Waals surface area (Å²) < 4.78 is 1.02. The zero-order valence-corrected chi connectivity index (χ0v) is 10.8. The standard InChI is InChI=1S/C13H13BrN2/c1-8-2-3-12-9(4-8)5-10-6-11(14)7-15-13(10)16-12/h5-8H,2-4H2,1H3. The second-order valence-corrected chi connectivity index (χ2v) is 5.56. The Kier molecular flexibility index (Phi) is 2.43. The van der Waals surface area contributed by atoms with Gasteiger partial charge in [0.25, 0.3) is 0 Å². The molecule has 2 nitrogen and oxygen atoms in total. The maximum Gasteiger partial charge on any atom is 0.159 e. The maximum atomic E-state index is 4.66. The van der Waals surface area contributed by atoms with E-state index in [0.717, 1.165) is 34.3 Å². The number of aryl methyl sites for hydroxylation is 1. The van der Waals surface area contributed by atoms with Crippen molar-refractivity contribution in [2.45, 2.75) is 26.2 Å². The van der Waals surface area contributed by atoms with Gasteiger partial charge in [0.2, 0.25) is 0 Å². The Morgan fingerprint density at radius 1 is 1.38 bits per heavy atom. The molecule has 0 spiro atoms. The first kappa shape index (κ1) is 10.2. The highest BCUT2D eigenvalue weighted by atomic mass is 79.9. The molecule has 3 heteroatoms. The number of aromatic nitrogens is 2. The highest BCUT2D eigenvalue weighted by Gasteiger charge is 2.17. The first-order chi connectivity index (χ1) is 7.72. The van der Waals surface area contributed by atoms with Crippen LogP contribution in [0.2, 0.25) is 0 Å². The van der Waals surface area contributed by atoms with Gasteiger partial charge in [0.05, 0.1) is 0 Å². The Morgan fingerprint density at radius 2 is 2.25 bits per heavy atom. The summed E-state index contributed by atoms with van der Waals surface area (Å²) in [6.45, 7) is 2.31. The van der Waals surface area contributed by atoms with Gasteiger partial charge in [-0.2, -0.15) is 0 Å². The number of hydrogen-bond acceptors (Lipinski definition) is 2. The molecule has 2 aromatic heterocycles. The highest BCUT2D eigenvalue weighted by Crippen LogP contribution is 2.27. The Balaban J connectivity index is 2.20. The van der Waals surface area contributed by atoms with Crippen molar-refractivity contribution >= 4 is 27.0 Å². The van der Waals surface area contributed by atoms with Crippen LogP contribution in [0.4, 0.5) is 0 Å². The van der Waals surface area contributed by atoms with Crippen LogP contribution in [-0.2, 0) is 12.8 Å². The number of fused-ring (bicyclic) bond motifs is 2. The van der Waals surface area contributed by atoms with Crippen molar-refractivity contribution in [1.29, 1.82) is 0 Å². The quantitative estimate of drug-likeness (QED) is 0.736. The molecule has 0 aliphatic heterocycles. The zero-order chi connectivity index (χ0) is 11.1. The summed E-state index contributed by atoms with van der Waals surface area (Å²) in [6.07, 6.45) is 5.32. The Labute approximate surface area is 103 Å². The monoisotopic (exact) mass is 276 g/mol. The molecule has 0 bridgehead atoms. The van der Waals surface area contributed by atoms with Crippen molar-refractivity contribution in [3.63, 3.8) is 0 Å². The summed E-state index contributed by atoms with van der Waals surface area (Å²) in [6, 6.07) is 4.35. The van der Waals surface area contributed by atoms with Gasteiger partial charge in [-0.25, -0.2) is 9.97 Å². The lowest BCUT2D eigenvalue weighted by atomic mass is 9.87. The van der Waals surface area contributed by atoms with E-state index in [1.165, 1.54) is 17.7 Å². The van der Waals surface area contributed by atoms with Crippen LogP contribution in [0, 0.1) is 5.92 Å². The molecular formula is C13H13BrN2. The summed E-state index contributed by atoms with van der Waals surface area (Å²) in [5.41, 5.74) is 3.53. The molecule has 1 aliphatic carbocycles. The van der Waals surface area contributed by atoms with Crippen molar-refractivity contribution in [2.75, 3.05) is 0 Å². The normalized spacial score (nSPS) is 19.8. The van der Waals surface area contributed by atoms with Gasteiger partial charge in [0.15, 0.2) is 5.65 Å². The molecule has 0 aromatic carbocycles. The minimum Gasteiger partial charge on any atom is -0.235 e. The Bertz CT molecular complexity index is 551. The fourth-order valence-corrected chi connectivity index (χ4v) is 2.72. The van der Waals surface area contributed by atoms with Crippen molar-refractivity contribution in [3.8, 4) is 0 Å². The second kappa shape index (κ2) is 3.81. The maximum absolute atomic E-state index is 4.66. The van der Waals surface area contributed by atoms with Gasteiger partial charge >= 0.3 is 0 Å². The van der Waals surface area contributed by atoms with E-state index < -0.39 is 0 Å². The predicted molar refractivity (Wildman–Crippen MR) is 68.4 cm³/mol. The molecule has 0 amide bonds. The molecule has 0 fully saturated rings. The first-order valence-corrected chi connectivity index (χ1v) is 6.46. The topological polar surface area (TPSA) is 25.8 Å². The van der Waals surface area contributed by atoms with E-state index in [-0.39, 0.29) is 0 Å². The number of hydrogen-bond donors (Lipinski definition) is 0. The Morgan fingerprint density at radius 3 is 3.12 bits per heavy atom. The van der Waals surface area contributed by atoms with E-state index in [9.17, 15) is 0 Å². The van der Waals surface area contributed by atoms with Crippen LogP contribution >= 0.6 is 15.9 Å². The van der Waals surface area contributed by atoms with Crippen LogP contribution in [0.1, 0.15) is 24.6 Å². The third kappa shape index (κ3) is 1.73. The van der Waals surface area contributed by atoms with Crippen LogP contribution in [0.15, 0.2) is 22.8 Å². The predicted octanol–water partition coefficient (Wildman–Crippen LogP) is 3.52. The third-order valence-electron chi connectivity index (χ3n) is 3.25. The average molecular weight is 277 g/mol. The Hall–Kier alpha value is -0.960. The number of nitrogens with zero attached hydrogens (tertiary/aromatic N) is 2. The van der Waals surface area contributed by atoms with E-state index in [4.69, 9.17) is 0 Å². The van der Waals surface area contributed by atoms with E-state index >= 15 is 0 Å². The molecule has 82 valence electrons. The summed E-state index contributed by atoms with van der Waals surface area (Å²) in [4.78, 5) is 9.01. The first-order valence-electron chi connectivity index (χ1n) is 5.66. The van der Waals surface area contributed by atoms with Crippen molar-refractivity contribution < 1.29 is 0 Å². The van der Waals surface area contributed by atoms with Gasteiger partial charge in [-0.3, -0.25) is 0 Å². The molecule has 0 radical (unpaired) electrons. The van der Waals surface area contributed by atoms with E-state index in [1.54, 1.807) is 0 Å². The lowest BCUT2D eigenvalue weighted by Crippen LogP contribution is -2.13. The van der Waals surface area contributed by atoms with Gasteiger partial charge in [-0.15, -0.1) is 0 Å². The van der Waals surface area contributed by atoms with E-state index in [0.29, 0.717) is 0 Å². The van der Waals surface area contributed by atoms with Gasteiger partial charge in [0.1, 0.15) is 0 Å². The van der Waals surface area contributed by atoms with Crippen LogP contribution in [0.25, 0.3) is 11.0 Å². The fourth-order valence-electron chi connectivity index (χ4n) is 2.37. The smallest absolute Gasteiger partial charge is 0.159 e. The minimum atomic E-state index is 0.784. The van der Waals surface area contributed by atoms with Crippen molar-refractivity contribution in [3.05, 3.63) is 34.1 Å². The summed E-state index contributed by atoms with van der Waals surface area (Å²) in [5.74, 6) is 0.784. The third-order valence-corrected chi connectivity index (χ3v) is 3.68. The van der Waals surface area contributed by atoms with Crippen molar-refractivity contribution in [1.82, 2.24) is 9.97 Å². The molecule has 0 saturated carbocycles. The van der Waals surface area contributed by atoms with Crippen molar-refractivity contribution in [2.24, 2.45) is 5.92 Å². The van der Waals surface area contributed by atoms with Gasteiger partial charge < -0.3 is 0 Å². The zero-order valence-electron chi connectivity index (χ0n) is 9.20. The summed E-state index contributed by atoms with van der Waals surface area (Å²) >= 11 is 3.45. The molecule has 16 heavy (non-hydrogen) atoms. The molecule has 0 saturated heterocycles. The lowest BCUT2D eigenvalue weighted by Gasteiger charge is -2.20. The average Bonchev–Trinajstić information content (AvgIpc) is 2.26. The van der Waals surface area contributed by atoms with Crippen LogP contribution in [0.5, 0.6) is 0 Å². The molecule has 1 unspecified atom stereocenters. The molecule has 1 aliphatic rings. The van der Waals surface area contributed by atoms with Crippen LogP contribution < -0.4 is 0 Å². The largest absolute Gasteiger partial charge is 0.235 e. The van der Waals surface area contributed by atoms with Crippen LogP contribution in [0.3, 0.4) is 0 Å². The molecule has 0 N–H and O–H groups in total. The molecule has 1 atom stereocenters. The SMILES string of the molecule is CC1CCc2nc3ncc(Br)cc3cc2C1. The van der Waals surface area contributed by atoms with Crippen LogP contribution in [-0.4, -0.2) is 9.97 Å². The fraction of sp³-hybridized carbons (Fsp3) is 0.385. The number of pyridine rings is 2. The molecule has 2 heterocycles. The number of rotatable bonds is 0. The highest BCUT2D eigenvalue weighted by molar-refractivity contribution is 9.10. The van der Waals surface area contributed by atoms with E-state index in [1.807, 2.05) is 6.20 Å². The summed E-state index contributed by atoms with van der Waals surface area (Å²) in [5, 5.41) is 1.14. The second-order valence-electron chi connectivity index (χ2n) is 4.64. The minimum absolute atomic E-state index is 0.784. The molecular weight excluding hydrogens is 264 g/mol. The molecule has 3 rings (SSSR count).